The van der Waals surface area contributed by atoms with E-state index in [0.29, 0.717) is 13.0 Å². The maximum atomic E-state index is 13.6. The molecular formula is C24H27Cl3N2O7. The van der Waals surface area contributed by atoms with Crippen molar-refractivity contribution < 1.29 is 33.6 Å². The first-order valence-corrected chi connectivity index (χ1v) is 12.3. The molecule has 0 radical (unpaired) electrons. The van der Waals surface area contributed by atoms with Crippen LogP contribution < -0.4 is 19.5 Å². The third kappa shape index (κ3) is 6.59. The van der Waals surface area contributed by atoms with Crippen LogP contribution >= 0.6 is 34.8 Å². The van der Waals surface area contributed by atoms with Gasteiger partial charge in [0, 0.05) is 6.54 Å². The number of ether oxygens (including phenoxy) is 4. The molecule has 2 aromatic carbocycles. The lowest BCUT2D eigenvalue weighted by Gasteiger charge is -2.26. The van der Waals surface area contributed by atoms with Gasteiger partial charge in [-0.2, -0.15) is 0 Å². The molecule has 12 heteroatoms. The van der Waals surface area contributed by atoms with E-state index in [4.69, 9.17) is 53.8 Å². The molecule has 1 unspecified atom stereocenters. The highest BCUT2D eigenvalue weighted by Gasteiger charge is 2.35. The summed E-state index contributed by atoms with van der Waals surface area (Å²) in [7, 11) is 2.77. The molecule has 0 aromatic heterocycles. The van der Waals surface area contributed by atoms with Gasteiger partial charge in [0.15, 0.2) is 11.5 Å². The summed E-state index contributed by atoms with van der Waals surface area (Å²) in [5, 5.41) is 12.2. The minimum atomic E-state index is -2.00. The summed E-state index contributed by atoms with van der Waals surface area (Å²) in [5.74, 6) is -0.475. The lowest BCUT2D eigenvalue weighted by Crippen LogP contribution is -2.38. The normalized spacial score (nSPS) is 15.4. The number of rotatable bonds is 10. The summed E-state index contributed by atoms with van der Waals surface area (Å²) in [4.78, 5) is 27.8. The number of hydrogen-bond donors (Lipinski definition) is 2. The Balaban J connectivity index is 2.07. The Morgan fingerprint density at radius 2 is 1.89 bits per heavy atom. The minimum absolute atomic E-state index is 0.0194. The number of aliphatic hydroxyl groups excluding tert-OH is 1. The third-order valence-corrected chi connectivity index (χ3v) is 6.63. The molecule has 2 N–H and O–H groups in total. The van der Waals surface area contributed by atoms with Gasteiger partial charge in [0.1, 0.15) is 12.3 Å². The second-order valence-electron chi connectivity index (χ2n) is 7.90. The van der Waals surface area contributed by atoms with Crippen molar-refractivity contribution in [3.63, 3.8) is 0 Å². The topological polar surface area (TPSA) is 107 Å². The van der Waals surface area contributed by atoms with E-state index in [1.807, 2.05) is 30.3 Å². The average Bonchev–Trinajstić information content (AvgIpc) is 3.36. The number of carbonyl (C=O) groups is 2. The number of nitrogens with one attached hydrogen (secondary N) is 1. The summed E-state index contributed by atoms with van der Waals surface area (Å²) in [6.07, 6.45) is 0.300. The van der Waals surface area contributed by atoms with Crippen LogP contribution in [0.4, 0.5) is 10.5 Å². The third-order valence-electron chi connectivity index (χ3n) is 5.56. The molecule has 1 atom stereocenters. The highest BCUT2D eigenvalue weighted by atomic mass is 35.5. The molecule has 3 rings (SSSR count). The van der Waals surface area contributed by atoms with Crippen molar-refractivity contribution in [1.82, 2.24) is 4.90 Å². The van der Waals surface area contributed by atoms with Crippen LogP contribution in [0.25, 0.3) is 0 Å². The van der Waals surface area contributed by atoms with Crippen LogP contribution in [-0.4, -0.2) is 65.8 Å². The van der Waals surface area contributed by atoms with Gasteiger partial charge in [0.2, 0.25) is 5.75 Å². The Kier molecular flexibility index (Phi) is 9.78. The van der Waals surface area contributed by atoms with Gasteiger partial charge < -0.3 is 29.0 Å². The summed E-state index contributed by atoms with van der Waals surface area (Å²) < 4.78 is 20.1. The van der Waals surface area contributed by atoms with Gasteiger partial charge in [0.25, 0.3) is 10.4 Å². The Labute approximate surface area is 224 Å². The van der Waals surface area contributed by atoms with Crippen LogP contribution in [0, 0.1) is 0 Å². The molecule has 196 valence electrons. The number of nitrogens with zero attached hydrogens (tertiary/aromatic N) is 1. The second kappa shape index (κ2) is 12.6. The maximum Gasteiger partial charge on any atom is 0.414 e. The van der Waals surface area contributed by atoms with E-state index in [1.54, 1.807) is 0 Å². The van der Waals surface area contributed by atoms with Gasteiger partial charge in [-0.25, -0.2) is 4.79 Å². The van der Waals surface area contributed by atoms with Crippen LogP contribution in [0.5, 0.6) is 17.2 Å². The number of aliphatic hydroxyl groups is 1. The van der Waals surface area contributed by atoms with E-state index in [9.17, 15) is 14.7 Å². The standard InChI is InChI=1S/C24H27Cl3N2O7/c1-33-18-11-17(22(31)29-10-6-9-16(29)12-30)19(28-23(32)36-24(26,27)14-25)21(34-2)20(18)35-13-15-7-4-3-5-8-15/h3-5,7-8,11,16,30H,6,9-10,12-14H2,1-2H3,(H,28,32). The molecule has 1 aliphatic rings. The summed E-state index contributed by atoms with van der Waals surface area (Å²) >= 11 is 17.4. The largest absolute Gasteiger partial charge is 0.493 e. The first kappa shape index (κ1) is 28.0. The molecule has 0 spiro atoms. The second-order valence-corrected chi connectivity index (χ2v) is 9.58. The molecule has 0 saturated carbocycles. The smallest absolute Gasteiger partial charge is 0.414 e. The van der Waals surface area contributed by atoms with E-state index in [1.165, 1.54) is 25.2 Å². The number of benzene rings is 2. The molecule has 0 aliphatic carbocycles. The highest BCUT2D eigenvalue weighted by Crippen LogP contribution is 2.46. The number of carbonyl (C=O) groups excluding carboxylic acids is 2. The number of anilines is 1. The zero-order chi connectivity index (χ0) is 26.3. The zero-order valence-electron chi connectivity index (χ0n) is 19.8. The molecule has 9 nitrogen and oxygen atoms in total. The Morgan fingerprint density at radius 1 is 1.17 bits per heavy atom. The van der Waals surface area contributed by atoms with Crippen molar-refractivity contribution in [2.45, 2.75) is 30.0 Å². The van der Waals surface area contributed by atoms with Crippen molar-refractivity contribution in [1.29, 1.82) is 0 Å². The van der Waals surface area contributed by atoms with Gasteiger partial charge in [-0.1, -0.05) is 53.5 Å². The number of halogens is 3. The van der Waals surface area contributed by atoms with Gasteiger partial charge >= 0.3 is 6.09 Å². The summed E-state index contributed by atoms with van der Waals surface area (Å²) in [6, 6.07) is 10.4. The van der Waals surface area contributed by atoms with E-state index in [0.717, 1.165) is 12.0 Å². The summed E-state index contributed by atoms with van der Waals surface area (Å²) in [5.41, 5.74) is 0.863. The quantitative estimate of drug-likeness (QED) is 0.401. The van der Waals surface area contributed by atoms with Crippen LogP contribution in [0.1, 0.15) is 28.8 Å². The van der Waals surface area contributed by atoms with Gasteiger partial charge in [-0.15, -0.1) is 11.6 Å². The van der Waals surface area contributed by atoms with Gasteiger partial charge in [-0.05, 0) is 24.5 Å². The number of amides is 2. The highest BCUT2D eigenvalue weighted by molar-refractivity contribution is 6.50. The van der Waals surface area contributed by atoms with E-state index in [2.05, 4.69) is 5.32 Å². The lowest BCUT2D eigenvalue weighted by atomic mass is 10.1. The van der Waals surface area contributed by atoms with Crippen molar-refractivity contribution >= 4 is 52.5 Å². The number of alkyl halides is 3. The van der Waals surface area contributed by atoms with Crippen LogP contribution in [-0.2, 0) is 11.3 Å². The Morgan fingerprint density at radius 3 is 2.50 bits per heavy atom. The summed E-state index contributed by atoms with van der Waals surface area (Å²) in [6.45, 7) is 0.394. The van der Waals surface area contributed by atoms with E-state index in [-0.39, 0.29) is 47.8 Å². The van der Waals surface area contributed by atoms with E-state index >= 15 is 0 Å². The predicted molar refractivity (Wildman–Crippen MR) is 137 cm³/mol. The molecule has 1 saturated heterocycles. The SMILES string of the molecule is COc1cc(C(=O)N2CCCC2CO)c(NC(=O)OC(Cl)(Cl)CCl)c(OC)c1OCc1ccccc1. The van der Waals surface area contributed by atoms with Gasteiger partial charge in [0.05, 0.1) is 38.3 Å². The first-order valence-electron chi connectivity index (χ1n) is 11.1. The molecule has 1 fully saturated rings. The number of hydrogen-bond acceptors (Lipinski definition) is 7. The monoisotopic (exact) mass is 560 g/mol. The van der Waals surface area contributed by atoms with Crippen molar-refractivity contribution in [2.75, 3.05) is 38.6 Å². The lowest BCUT2D eigenvalue weighted by molar-refractivity contribution is 0.0678. The Hall–Kier alpha value is -2.59. The fourth-order valence-corrected chi connectivity index (χ4v) is 4.05. The predicted octanol–water partition coefficient (Wildman–Crippen LogP) is 4.80. The number of likely N-dealkylation sites (tertiary alicyclic amines) is 1. The maximum absolute atomic E-state index is 13.6. The molecule has 1 heterocycles. The Bertz CT molecular complexity index is 1070. The molecule has 2 aromatic rings. The van der Waals surface area contributed by atoms with Crippen LogP contribution in [0.3, 0.4) is 0 Å². The molecular weight excluding hydrogens is 535 g/mol. The molecule has 36 heavy (non-hydrogen) atoms. The molecule has 2 amide bonds. The molecule has 1 aliphatic heterocycles. The first-order chi connectivity index (χ1) is 17.2. The fourth-order valence-electron chi connectivity index (χ4n) is 3.86. The van der Waals surface area contributed by atoms with Crippen LogP contribution in [0.2, 0.25) is 0 Å². The van der Waals surface area contributed by atoms with Crippen molar-refractivity contribution in [2.24, 2.45) is 0 Å². The zero-order valence-corrected chi connectivity index (χ0v) is 22.0. The molecule has 0 bridgehead atoms. The fraction of sp³-hybridized carbons (Fsp3) is 0.417. The average molecular weight is 562 g/mol. The van der Waals surface area contributed by atoms with Gasteiger partial charge in [-0.3, -0.25) is 10.1 Å². The van der Waals surface area contributed by atoms with Crippen molar-refractivity contribution in [3.05, 3.63) is 47.5 Å². The van der Waals surface area contributed by atoms with E-state index < -0.39 is 22.4 Å². The minimum Gasteiger partial charge on any atom is -0.493 e. The number of methoxy groups -OCH3 is 2. The van der Waals surface area contributed by atoms with Crippen molar-refractivity contribution in [3.8, 4) is 17.2 Å². The van der Waals surface area contributed by atoms with Crippen LogP contribution in [0.15, 0.2) is 36.4 Å².